The summed E-state index contributed by atoms with van der Waals surface area (Å²) in [6.45, 7) is 1.29. The number of amides is 1. The van der Waals surface area contributed by atoms with E-state index in [9.17, 15) is 4.79 Å². The molecular weight excluding hydrogens is 392 g/mol. The summed E-state index contributed by atoms with van der Waals surface area (Å²) in [5.41, 5.74) is 3.99. The second-order valence-electron chi connectivity index (χ2n) is 8.09. The second-order valence-corrected chi connectivity index (χ2v) is 8.09. The minimum Gasteiger partial charge on any atom is -0.496 e. The van der Waals surface area contributed by atoms with E-state index in [1.54, 1.807) is 25.3 Å². The lowest BCUT2D eigenvalue weighted by Crippen LogP contribution is -2.37. The van der Waals surface area contributed by atoms with E-state index in [1.165, 1.54) is 5.56 Å². The van der Waals surface area contributed by atoms with Gasteiger partial charge in [-0.2, -0.15) is 5.10 Å². The first-order valence-electron chi connectivity index (χ1n) is 10.7. The van der Waals surface area contributed by atoms with Gasteiger partial charge in [-0.15, -0.1) is 0 Å². The quantitative estimate of drug-likeness (QED) is 0.604. The maximum Gasteiger partial charge on any atom is 0.274 e. The molecule has 1 aliphatic rings. The van der Waals surface area contributed by atoms with Crippen LogP contribution in [0, 0.1) is 0 Å². The fourth-order valence-electron chi connectivity index (χ4n) is 4.34. The van der Waals surface area contributed by atoms with Gasteiger partial charge in [-0.3, -0.25) is 9.48 Å². The lowest BCUT2D eigenvalue weighted by molar-refractivity contribution is 0.0767. The number of aromatic nitrogens is 2. The molecule has 3 aromatic rings. The van der Waals surface area contributed by atoms with Gasteiger partial charge in [0.2, 0.25) is 0 Å². The molecule has 1 atom stereocenters. The van der Waals surface area contributed by atoms with E-state index < -0.39 is 0 Å². The van der Waals surface area contributed by atoms with E-state index in [0.717, 1.165) is 55.0 Å². The lowest BCUT2D eigenvalue weighted by atomic mass is 9.91. The van der Waals surface area contributed by atoms with Crippen LogP contribution in [0.15, 0.2) is 47.1 Å². The highest BCUT2D eigenvalue weighted by Crippen LogP contribution is 2.26. The van der Waals surface area contributed by atoms with Crippen LogP contribution in [0.1, 0.15) is 39.5 Å². The molecule has 1 aliphatic carbocycles. The predicted octanol–water partition coefficient (Wildman–Crippen LogP) is 2.98. The van der Waals surface area contributed by atoms with Gasteiger partial charge in [-0.05, 0) is 56.0 Å². The van der Waals surface area contributed by atoms with Crippen molar-refractivity contribution in [3.63, 3.8) is 0 Å². The molecule has 0 spiro atoms. The molecule has 0 aliphatic heterocycles. The monoisotopic (exact) mass is 422 g/mol. The summed E-state index contributed by atoms with van der Waals surface area (Å²) in [7, 11) is 5.42. The van der Waals surface area contributed by atoms with Crippen molar-refractivity contribution in [3.8, 4) is 5.75 Å². The molecule has 4 rings (SSSR count). The van der Waals surface area contributed by atoms with Gasteiger partial charge < -0.3 is 19.4 Å². The van der Waals surface area contributed by atoms with E-state index >= 15 is 0 Å². The molecule has 0 fully saturated rings. The number of rotatable bonds is 8. The third-order valence-corrected chi connectivity index (χ3v) is 6.00. The second kappa shape index (κ2) is 9.39. The molecule has 0 saturated heterocycles. The fourth-order valence-corrected chi connectivity index (χ4v) is 4.34. The van der Waals surface area contributed by atoms with Crippen LogP contribution < -0.4 is 10.1 Å². The molecule has 7 nitrogen and oxygen atoms in total. The van der Waals surface area contributed by atoms with E-state index in [2.05, 4.69) is 16.5 Å². The van der Waals surface area contributed by atoms with Gasteiger partial charge >= 0.3 is 0 Å². The van der Waals surface area contributed by atoms with Crippen molar-refractivity contribution in [1.82, 2.24) is 20.0 Å². The largest absolute Gasteiger partial charge is 0.496 e. The Labute approximate surface area is 183 Å². The van der Waals surface area contributed by atoms with Crippen LogP contribution in [-0.4, -0.2) is 47.3 Å². The molecular formula is C24H30N4O3. The topological polar surface area (TPSA) is 72.5 Å². The van der Waals surface area contributed by atoms with E-state index in [-0.39, 0.29) is 5.91 Å². The number of nitrogens with zero attached hydrogens (tertiary/aromatic N) is 3. The van der Waals surface area contributed by atoms with Crippen LogP contribution >= 0.6 is 0 Å². The number of para-hydroxylation sites is 1. The molecule has 0 bridgehead atoms. The van der Waals surface area contributed by atoms with Gasteiger partial charge in [0, 0.05) is 31.4 Å². The Hall–Kier alpha value is -3.06. The number of fused-ring (bicyclic) bond motifs is 1. The van der Waals surface area contributed by atoms with Crippen LogP contribution in [0.25, 0.3) is 0 Å². The Balaban J connectivity index is 1.40. The van der Waals surface area contributed by atoms with Crippen molar-refractivity contribution in [2.24, 2.45) is 7.05 Å². The third-order valence-electron chi connectivity index (χ3n) is 6.00. The molecule has 1 amide bonds. The average Bonchev–Trinajstić information content (AvgIpc) is 3.41. The summed E-state index contributed by atoms with van der Waals surface area (Å²) in [4.78, 5) is 14.8. The Kier molecular flexibility index (Phi) is 6.42. The lowest BCUT2D eigenvalue weighted by Gasteiger charge is -2.25. The zero-order chi connectivity index (χ0) is 21.8. The van der Waals surface area contributed by atoms with E-state index in [4.69, 9.17) is 9.15 Å². The highest BCUT2D eigenvalue weighted by molar-refractivity contribution is 5.94. The minimum atomic E-state index is -0.0667. The number of hydrogen-bond donors (Lipinski definition) is 1. The Morgan fingerprint density at radius 1 is 1.32 bits per heavy atom. The minimum absolute atomic E-state index is 0.0667. The molecule has 7 heteroatoms. The van der Waals surface area contributed by atoms with Crippen molar-refractivity contribution in [1.29, 1.82) is 0 Å². The number of furan rings is 1. The van der Waals surface area contributed by atoms with E-state index in [0.29, 0.717) is 18.3 Å². The first-order valence-corrected chi connectivity index (χ1v) is 10.7. The maximum absolute atomic E-state index is 13.1. The SMILES string of the molecule is COc1ccccc1CCNC1CCc2c(c(C(=O)N(C)Cc3ccco3)nn2C)C1. The van der Waals surface area contributed by atoms with Crippen LogP contribution in [0.2, 0.25) is 0 Å². The third kappa shape index (κ3) is 4.66. The van der Waals surface area contributed by atoms with Crippen LogP contribution in [0.4, 0.5) is 0 Å². The number of carbonyl (C=O) groups is 1. The molecule has 1 aromatic carbocycles. The van der Waals surface area contributed by atoms with Gasteiger partial charge in [-0.25, -0.2) is 0 Å². The van der Waals surface area contributed by atoms with Gasteiger partial charge in [0.05, 0.1) is 19.9 Å². The van der Waals surface area contributed by atoms with Crippen molar-refractivity contribution >= 4 is 5.91 Å². The van der Waals surface area contributed by atoms with Crippen LogP contribution in [0.5, 0.6) is 5.75 Å². The fraction of sp³-hybridized carbons (Fsp3) is 0.417. The molecule has 2 aromatic heterocycles. The molecule has 0 radical (unpaired) electrons. The molecule has 1 N–H and O–H groups in total. The summed E-state index contributed by atoms with van der Waals surface area (Å²) in [6.07, 6.45) is 5.29. The van der Waals surface area contributed by atoms with E-state index in [1.807, 2.05) is 42.1 Å². The molecule has 1 unspecified atom stereocenters. The van der Waals surface area contributed by atoms with Crippen molar-refractivity contribution in [2.75, 3.05) is 20.7 Å². The molecule has 164 valence electrons. The van der Waals surface area contributed by atoms with Gasteiger partial charge in [0.15, 0.2) is 5.69 Å². The number of aryl methyl sites for hydroxylation is 1. The Morgan fingerprint density at radius 3 is 2.94 bits per heavy atom. The highest BCUT2D eigenvalue weighted by Gasteiger charge is 2.29. The van der Waals surface area contributed by atoms with Gasteiger partial charge in [0.25, 0.3) is 5.91 Å². The molecule has 0 saturated carbocycles. The average molecular weight is 423 g/mol. The van der Waals surface area contributed by atoms with Crippen LogP contribution in [0.3, 0.4) is 0 Å². The van der Waals surface area contributed by atoms with Gasteiger partial charge in [-0.1, -0.05) is 18.2 Å². The number of nitrogens with one attached hydrogen (secondary N) is 1. The number of carbonyl (C=O) groups excluding carboxylic acids is 1. The maximum atomic E-state index is 13.1. The Morgan fingerprint density at radius 2 is 2.16 bits per heavy atom. The first-order chi connectivity index (χ1) is 15.1. The normalized spacial score (nSPS) is 15.5. The number of benzene rings is 1. The summed E-state index contributed by atoms with van der Waals surface area (Å²) < 4.78 is 12.7. The van der Waals surface area contributed by atoms with Crippen molar-refractivity contribution in [3.05, 3.63) is 70.9 Å². The standard InChI is InChI=1S/C24H30N4O3/c1-27(16-19-8-6-14-31-19)24(29)23-20-15-18(10-11-21(20)28(2)26-23)25-13-12-17-7-4-5-9-22(17)30-3/h4-9,14,18,25H,10-13,15-16H2,1-3H3. The predicted molar refractivity (Wildman–Crippen MR) is 118 cm³/mol. The first kappa shape index (κ1) is 21.2. The summed E-state index contributed by atoms with van der Waals surface area (Å²) in [5.74, 6) is 1.62. The zero-order valence-electron chi connectivity index (χ0n) is 18.4. The summed E-state index contributed by atoms with van der Waals surface area (Å²) in [6, 6.07) is 12.2. The highest BCUT2D eigenvalue weighted by atomic mass is 16.5. The Bertz CT molecular complexity index is 1030. The molecule has 31 heavy (non-hydrogen) atoms. The number of methoxy groups -OCH3 is 1. The van der Waals surface area contributed by atoms with Crippen molar-refractivity contribution in [2.45, 2.75) is 38.3 Å². The smallest absolute Gasteiger partial charge is 0.274 e. The number of ether oxygens (including phenoxy) is 1. The molecule has 2 heterocycles. The zero-order valence-corrected chi connectivity index (χ0v) is 18.4. The van der Waals surface area contributed by atoms with Gasteiger partial charge in [0.1, 0.15) is 11.5 Å². The van der Waals surface area contributed by atoms with Crippen molar-refractivity contribution < 1.29 is 13.9 Å². The summed E-state index contributed by atoms with van der Waals surface area (Å²) >= 11 is 0. The van der Waals surface area contributed by atoms with Crippen LogP contribution in [-0.2, 0) is 32.9 Å². The number of hydrogen-bond acceptors (Lipinski definition) is 5. The summed E-state index contributed by atoms with van der Waals surface area (Å²) in [5, 5.41) is 8.25.